The largest absolute Gasteiger partial charge is 0.463 e. The van der Waals surface area contributed by atoms with Gasteiger partial charge in [0.2, 0.25) is 0 Å². The molecule has 22 heteroatoms. The Morgan fingerprint density at radius 2 is 0.322 bits per heavy atom. The molecule has 143 heavy (non-hydrogen) atoms. The molecule has 0 N–H and O–H groups in total. The summed E-state index contributed by atoms with van der Waals surface area (Å²) < 4.78 is 59.0. The quantitative estimate of drug-likeness (QED) is 0.0113. The Kier molecular flexibility index (Phi) is 60.5. The lowest BCUT2D eigenvalue weighted by atomic mass is 9.82. The Morgan fingerprint density at radius 1 is 0.196 bits per heavy atom. The first-order valence-corrected chi connectivity index (χ1v) is 53.5. The molecule has 0 saturated heterocycles. The van der Waals surface area contributed by atoms with E-state index in [9.17, 15) is 52.7 Å². The fourth-order valence-electron chi connectivity index (χ4n) is 17.8. The summed E-state index contributed by atoms with van der Waals surface area (Å²) in [6, 6.07) is 46.6. The summed E-state index contributed by atoms with van der Waals surface area (Å²) in [4.78, 5) is 132. The van der Waals surface area contributed by atoms with E-state index in [0.717, 1.165) is 154 Å². The third-order valence-electron chi connectivity index (χ3n) is 26.7. The number of rotatable bonds is 67. The molecule has 3 aliphatic rings. The Labute approximate surface area is 851 Å². The highest BCUT2D eigenvalue weighted by Gasteiger charge is 2.36. The first kappa shape index (κ1) is 118. The fourth-order valence-corrected chi connectivity index (χ4v) is 17.8. The normalized spacial score (nSPS) is 15.7. The van der Waals surface area contributed by atoms with Crippen LogP contribution in [0.4, 0.5) is 0 Å². The Bertz CT molecular complexity index is 4490. The molecule has 0 aliphatic heterocycles. The zero-order valence-electron chi connectivity index (χ0n) is 85.5. The molecule has 0 spiro atoms. The number of hydrogen-bond donors (Lipinski definition) is 0. The van der Waals surface area contributed by atoms with Crippen LogP contribution >= 0.6 is 0 Å². The van der Waals surface area contributed by atoms with Gasteiger partial charge in [-0.05, 0) is 292 Å². The second kappa shape index (κ2) is 73.3. The van der Waals surface area contributed by atoms with Crippen molar-refractivity contribution in [2.24, 2.45) is 35.5 Å². The molecule has 3 aliphatic carbocycles. The van der Waals surface area contributed by atoms with Crippen molar-refractivity contribution < 1.29 is 105 Å². The van der Waals surface area contributed by atoms with Gasteiger partial charge >= 0.3 is 65.7 Å². The molecule has 0 radical (unpaired) electrons. The van der Waals surface area contributed by atoms with Gasteiger partial charge in [0.15, 0.2) is 0 Å². The highest BCUT2D eigenvalue weighted by molar-refractivity contribution is 5.84. The number of carbonyl (C=O) groups is 11. The van der Waals surface area contributed by atoms with Crippen LogP contribution in [0.5, 0.6) is 34.5 Å². The number of ether oxygens (including phenoxy) is 11. The molecule has 0 bridgehead atoms. The maximum Gasteiger partial charge on any atom is 0.330 e. The van der Waals surface area contributed by atoms with E-state index in [1.807, 2.05) is 121 Å². The minimum atomic E-state index is -0.379. The van der Waals surface area contributed by atoms with Gasteiger partial charge in [0.25, 0.3) is 0 Å². The third kappa shape index (κ3) is 52.3. The summed E-state index contributed by atoms with van der Waals surface area (Å²) in [5.41, 5.74) is 7.34. The molecule has 0 unspecified atom stereocenters. The standard InChI is InChI=1S/C48H68O8.C38H48O8.C35H46O6/c1-3-45(49)53-37-21-17-13-9-5-7-11-15-19-23-39-25-33-43(34-26-39)55-47(51)41-29-31-42(32-30-41)48(52)56-44-35-27-40(28-36-44)24-20-16-12-8-6-10-14-18-22-38-54-46(50)4-2;1-3-35(39)43-27-11-7-5-9-13-29-15-23-33(24-16-29)45-37(41)31-19-21-32(22-20-31)38(42)46-34-25-17-30(18-26-34)14-10-6-8-12-28-44-36(40)4-2;1-3-5-6-9-12-27-14-22-31(23-15-27)40-34(37)29-18-20-30(21-19-29)35(38)41-32-24-16-28(17-25-32)13-10-7-8-11-26-39-33(36)4-2/h3-4,25-28,33-36,41-42H,1-2,5-24,29-32,37-38H2;3-4,15-18,23-26,31-32H,1-2,5-14,19-22,27-28H2;4,14-17,22-25,29-30H,2-3,5-13,18-21,26H2,1H3. The van der Waals surface area contributed by atoms with Crippen molar-refractivity contribution in [2.75, 3.05) is 33.0 Å². The third-order valence-corrected chi connectivity index (χ3v) is 26.7. The zero-order chi connectivity index (χ0) is 102. The number of hydrogen-bond acceptors (Lipinski definition) is 22. The van der Waals surface area contributed by atoms with Gasteiger partial charge in [-0.15, -0.1) is 0 Å². The predicted molar refractivity (Wildman–Crippen MR) is 559 cm³/mol. The van der Waals surface area contributed by atoms with E-state index in [2.05, 4.69) is 64.1 Å². The van der Waals surface area contributed by atoms with Crippen LogP contribution in [-0.4, -0.2) is 98.7 Å². The van der Waals surface area contributed by atoms with Gasteiger partial charge in [-0.1, -0.05) is 260 Å². The molecule has 6 aromatic carbocycles. The lowest BCUT2D eigenvalue weighted by Gasteiger charge is -2.25. The minimum absolute atomic E-state index is 0.186. The molecule has 9 rings (SSSR count). The predicted octanol–water partition coefficient (Wildman–Crippen LogP) is 27.2. The van der Waals surface area contributed by atoms with Crippen molar-refractivity contribution in [3.8, 4) is 34.5 Å². The molecule has 6 aromatic rings. The summed E-state index contributed by atoms with van der Waals surface area (Å²) in [6.07, 6.45) is 57.0. The number of esters is 11. The highest BCUT2D eigenvalue weighted by atomic mass is 16.6. The number of benzene rings is 6. The molecule has 0 heterocycles. The smallest absolute Gasteiger partial charge is 0.330 e. The summed E-state index contributed by atoms with van der Waals surface area (Å²) in [5.74, 6) is -1.04. The molecule has 3 saturated carbocycles. The molecular formula is C121H162O22. The average Bonchev–Trinajstić information content (AvgIpc) is 0.853. The van der Waals surface area contributed by atoms with Crippen molar-refractivity contribution >= 4 is 65.7 Å². The molecule has 3 fully saturated rings. The minimum Gasteiger partial charge on any atom is -0.463 e. The van der Waals surface area contributed by atoms with Gasteiger partial charge in [-0.2, -0.15) is 0 Å². The van der Waals surface area contributed by atoms with Gasteiger partial charge in [-0.3, -0.25) is 28.8 Å². The van der Waals surface area contributed by atoms with Crippen molar-refractivity contribution in [1.82, 2.24) is 0 Å². The first-order valence-electron chi connectivity index (χ1n) is 53.5. The van der Waals surface area contributed by atoms with Crippen LogP contribution < -0.4 is 28.4 Å². The van der Waals surface area contributed by atoms with Gasteiger partial charge in [0.1, 0.15) is 34.5 Å². The first-order chi connectivity index (χ1) is 69.7. The van der Waals surface area contributed by atoms with Crippen LogP contribution in [0.15, 0.2) is 209 Å². The van der Waals surface area contributed by atoms with Crippen LogP contribution in [0.1, 0.15) is 336 Å². The molecule has 0 aromatic heterocycles. The zero-order valence-corrected chi connectivity index (χ0v) is 85.5. The average molecular weight is 1970 g/mol. The van der Waals surface area contributed by atoms with Crippen molar-refractivity contribution in [3.63, 3.8) is 0 Å². The lowest BCUT2D eigenvalue weighted by molar-refractivity contribution is -0.145. The van der Waals surface area contributed by atoms with Gasteiger partial charge in [0, 0.05) is 30.4 Å². The van der Waals surface area contributed by atoms with E-state index in [1.54, 1.807) is 0 Å². The molecule has 22 nitrogen and oxygen atoms in total. The van der Waals surface area contributed by atoms with E-state index in [1.165, 1.54) is 166 Å². The van der Waals surface area contributed by atoms with Gasteiger partial charge < -0.3 is 52.1 Å². The van der Waals surface area contributed by atoms with E-state index in [4.69, 9.17) is 52.1 Å². The SMILES string of the molecule is C=CC(=O)OCCCCCCCCCCCc1ccc(OC(=O)C2CCC(C(=O)Oc3ccc(CCCCCCCCCCCOC(=O)C=C)cc3)CC2)cc1.C=CC(=O)OCCCCCCc1ccc(OC(=O)C2CCC(C(=O)Oc3ccc(CCCCCC)cc3)CC2)cc1.C=CC(=O)OCCCCCCc1ccc(OC(=O)C2CCC(C(=O)Oc3ccc(CCCCCCOC(=O)C=C)cc3)CC2)cc1. The molecule has 0 atom stereocenters. The van der Waals surface area contributed by atoms with Crippen molar-refractivity contribution in [2.45, 2.75) is 341 Å². The van der Waals surface area contributed by atoms with E-state index < -0.39 is 0 Å². The maximum absolute atomic E-state index is 12.9. The van der Waals surface area contributed by atoms with Crippen LogP contribution in [0, 0.1) is 35.5 Å². The number of aryl methyl sites for hydroxylation is 6. The lowest BCUT2D eigenvalue weighted by Crippen LogP contribution is -2.30. The maximum atomic E-state index is 12.9. The Hall–Kier alpha value is -11.8. The number of unbranched alkanes of at least 4 members (excludes halogenated alkanes) is 28. The van der Waals surface area contributed by atoms with E-state index >= 15 is 0 Å². The van der Waals surface area contributed by atoms with Crippen LogP contribution in [-0.2, 0) is 115 Å². The fraction of sp³-hybridized carbons (Fsp3) is 0.529. The van der Waals surface area contributed by atoms with Crippen molar-refractivity contribution in [1.29, 1.82) is 0 Å². The van der Waals surface area contributed by atoms with E-state index in [0.29, 0.717) is 145 Å². The molecular weight excluding hydrogens is 1810 g/mol. The number of carbonyl (C=O) groups excluding carboxylic acids is 11. The van der Waals surface area contributed by atoms with Gasteiger partial charge in [-0.25, -0.2) is 24.0 Å². The second-order valence-electron chi connectivity index (χ2n) is 38.1. The van der Waals surface area contributed by atoms with Crippen LogP contribution in [0.2, 0.25) is 0 Å². The Morgan fingerprint density at radius 3 is 0.455 bits per heavy atom. The molecule has 778 valence electrons. The second-order valence-corrected chi connectivity index (χ2v) is 38.1. The summed E-state index contributed by atoms with van der Waals surface area (Å²) in [5, 5.41) is 0. The molecule has 0 amide bonds. The topological polar surface area (TPSA) is 289 Å². The van der Waals surface area contributed by atoms with Gasteiger partial charge in [0.05, 0.1) is 68.5 Å². The van der Waals surface area contributed by atoms with Crippen LogP contribution in [0.3, 0.4) is 0 Å². The highest BCUT2D eigenvalue weighted by Crippen LogP contribution is 2.36. The summed E-state index contributed by atoms with van der Waals surface area (Å²) in [7, 11) is 0. The Balaban J connectivity index is 0.000000295. The summed E-state index contributed by atoms with van der Waals surface area (Å²) >= 11 is 0. The van der Waals surface area contributed by atoms with Crippen molar-refractivity contribution in [3.05, 3.63) is 242 Å². The summed E-state index contributed by atoms with van der Waals surface area (Å²) in [6.45, 7) is 21.4. The van der Waals surface area contributed by atoms with Crippen LogP contribution in [0.25, 0.3) is 0 Å². The van der Waals surface area contributed by atoms with E-state index in [-0.39, 0.29) is 101 Å². The monoisotopic (exact) mass is 1970 g/mol.